The number of nitrogens with one attached hydrogen (secondary N) is 3. The van der Waals surface area contributed by atoms with Crippen LogP contribution in [0.1, 0.15) is 31.4 Å². The Kier molecular flexibility index (Phi) is 8.49. The Balaban J connectivity index is 1.87. The summed E-state index contributed by atoms with van der Waals surface area (Å²) >= 11 is 0. The highest BCUT2D eigenvalue weighted by Gasteiger charge is 2.36. The Morgan fingerprint density at radius 2 is 2.06 bits per heavy atom. The second-order valence-electron chi connectivity index (χ2n) is 7.25. The topological polar surface area (TPSA) is 214 Å². The van der Waals surface area contributed by atoms with E-state index in [0.717, 1.165) is 0 Å². The van der Waals surface area contributed by atoms with Gasteiger partial charge in [0.1, 0.15) is 12.1 Å². The number of imidazole rings is 1. The summed E-state index contributed by atoms with van der Waals surface area (Å²) in [4.78, 5) is 67.4. The van der Waals surface area contributed by atoms with E-state index in [-0.39, 0.29) is 25.8 Å². The standard InChI is InChI=1S/C18H27N7O6/c19-11(6-10-7-21-9-23-10)16(28)22-8-15(27)25-5-1-2-13(25)17(29)24-12(18(30)31)3-4-14(20)26/h7,9,11-13H,1-6,8,19H2,(H2,20,26)(H,21,23)(H,22,28)(H,24,29)(H,30,31). The van der Waals surface area contributed by atoms with Crippen molar-refractivity contribution in [3.05, 3.63) is 18.2 Å². The maximum absolute atomic E-state index is 12.5. The van der Waals surface area contributed by atoms with Gasteiger partial charge in [-0.1, -0.05) is 0 Å². The number of nitrogens with two attached hydrogens (primary N) is 2. The number of amides is 4. The molecule has 4 amide bonds. The number of carbonyl (C=O) groups is 5. The maximum Gasteiger partial charge on any atom is 0.326 e. The average Bonchev–Trinajstić information content (AvgIpc) is 3.40. The number of nitrogens with zero attached hydrogens (tertiary/aromatic N) is 2. The van der Waals surface area contributed by atoms with Crippen molar-refractivity contribution in [1.29, 1.82) is 0 Å². The van der Waals surface area contributed by atoms with Gasteiger partial charge in [-0.3, -0.25) is 19.2 Å². The van der Waals surface area contributed by atoms with Gasteiger partial charge in [-0.2, -0.15) is 0 Å². The highest BCUT2D eigenvalue weighted by Crippen LogP contribution is 2.18. The molecular formula is C18H27N7O6. The van der Waals surface area contributed by atoms with Gasteiger partial charge in [0.25, 0.3) is 0 Å². The summed E-state index contributed by atoms with van der Waals surface area (Å²) in [5, 5.41) is 14.0. The van der Waals surface area contributed by atoms with Crippen molar-refractivity contribution in [3.63, 3.8) is 0 Å². The first-order chi connectivity index (χ1) is 14.7. The lowest BCUT2D eigenvalue weighted by Gasteiger charge is -2.25. The lowest BCUT2D eigenvalue weighted by Crippen LogP contribution is -2.53. The molecule has 13 heteroatoms. The van der Waals surface area contributed by atoms with Crippen molar-refractivity contribution >= 4 is 29.6 Å². The first-order valence-electron chi connectivity index (χ1n) is 9.80. The molecule has 31 heavy (non-hydrogen) atoms. The van der Waals surface area contributed by atoms with Crippen molar-refractivity contribution in [1.82, 2.24) is 25.5 Å². The summed E-state index contributed by atoms with van der Waals surface area (Å²) in [5.74, 6) is -3.63. The number of likely N-dealkylation sites (tertiary alicyclic amines) is 1. The van der Waals surface area contributed by atoms with Crippen LogP contribution in [0.2, 0.25) is 0 Å². The molecule has 2 heterocycles. The third kappa shape index (κ3) is 7.06. The lowest BCUT2D eigenvalue weighted by molar-refractivity contribution is -0.144. The summed E-state index contributed by atoms with van der Waals surface area (Å²) in [7, 11) is 0. The zero-order valence-electron chi connectivity index (χ0n) is 16.9. The third-order valence-corrected chi connectivity index (χ3v) is 4.92. The minimum Gasteiger partial charge on any atom is -0.480 e. The van der Waals surface area contributed by atoms with Crippen molar-refractivity contribution < 1.29 is 29.1 Å². The Bertz CT molecular complexity index is 812. The van der Waals surface area contributed by atoms with Crippen LogP contribution in [0.3, 0.4) is 0 Å². The zero-order chi connectivity index (χ0) is 23.0. The molecule has 3 atom stereocenters. The summed E-state index contributed by atoms with van der Waals surface area (Å²) in [6, 6.07) is -3.04. The Morgan fingerprint density at radius 3 is 2.68 bits per heavy atom. The molecule has 0 aliphatic carbocycles. The fraction of sp³-hybridized carbons (Fsp3) is 0.556. The molecule has 1 fully saturated rings. The molecule has 0 spiro atoms. The van der Waals surface area contributed by atoms with E-state index in [9.17, 15) is 29.1 Å². The van der Waals surface area contributed by atoms with Crippen LogP contribution in [0, 0.1) is 0 Å². The number of carboxylic acids is 1. The predicted octanol–water partition coefficient (Wildman–Crippen LogP) is -2.78. The van der Waals surface area contributed by atoms with E-state index in [0.29, 0.717) is 25.1 Å². The van der Waals surface area contributed by atoms with Crippen LogP contribution in [0.5, 0.6) is 0 Å². The van der Waals surface area contributed by atoms with Crippen LogP contribution in [-0.2, 0) is 30.4 Å². The van der Waals surface area contributed by atoms with E-state index >= 15 is 0 Å². The Labute approximate surface area is 177 Å². The molecule has 3 unspecified atom stereocenters. The summed E-state index contributed by atoms with van der Waals surface area (Å²) in [5.41, 5.74) is 11.5. The predicted molar refractivity (Wildman–Crippen MR) is 106 cm³/mol. The number of aliphatic carboxylic acids is 1. The molecular weight excluding hydrogens is 410 g/mol. The molecule has 170 valence electrons. The van der Waals surface area contributed by atoms with E-state index in [1.807, 2.05) is 0 Å². The number of aromatic nitrogens is 2. The van der Waals surface area contributed by atoms with E-state index in [1.165, 1.54) is 11.2 Å². The number of aromatic amines is 1. The Morgan fingerprint density at radius 1 is 1.32 bits per heavy atom. The van der Waals surface area contributed by atoms with Crippen LogP contribution >= 0.6 is 0 Å². The first kappa shape index (κ1) is 23.8. The molecule has 8 N–H and O–H groups in total. The van der Waals surface area contributed by atoms with Crippen LogP contribution in [0.15, 0.2) is 12.5 Å². The number of hydrogen-bond donors (Lipinski definition) is 6. The van der Waals surface area contributed by atoms with E-state index in [1.54, 1.807) is 6.20 Å². The monoisotopic (exact) mass is 437 g/mol. The van der Waals surface area contributed by atoms with Crippen LogP contribution in [0.4, 0.5) is 0 Å². The largest absolute Gasteiger partial charge is 0.480 e. The van der Waals surface area contributed by atoms with E-state index in [2.05, 4.69) is 20.6 Å². The summed E-state index contributed by atoms with van der Waals surface area (Å²) in [6.45, 7) is -0.0463. The SMILES string of the molecule is NC(=O)CCC(NC(=O)C1CCCN1C(=O)CNC(=O)C(N)Cc1cnc[nH]1)C(=O)O. The second-order valence-corrected chi connectivity index (χ2v) is 7.25. The quantitative estimate of drug-likeness (QED) is 0.212. The maximum atomic E-state index is 12.5. The van der Waals surface area contributed by atoms with Gasteiger partial charge in [0.15, 0.2) is 0 Å². The minimum absolute atomic E-state index is 0.151. The number of carboxylic acid groups (broad SMARTS) is 1. The second kappa shape index (κ2) is 11.1. The van der Waals surface area contributed by atoms with Crippen molar-refractivity contribution in [3.8, 4) is 0 Å². The molecule has 0 radical (unpaired) electrons. The first-order valence-corrected chi connectivity index (χ1v) is 9.80. The molecule has 1 aromatic heterocycles. The van der Waals surface area contributed by atoms with E-state index in [4.69, 9.17) is 11.5 Å². The van der Waals surface area contributed by atoms with Gasteiger partial charge in [0, 0.05) is 31.3 Å². The molecule has 0 saturated carbocycles. The molecule has 2 rings (SSSR count). The molecule has 0 bridgehead atoms. The van der Waals surface area contributed by atoms with Crippen LogP contribution in [0.25, 0.3) is 0 Å². The number of H-pyrrole nitrogens is 1. The van der Waals surface area contributed by atoms with Crippen molar-refractivity contribution in [2.24, 2.45) is 11.5 Å². The molecule has 0 aromatic carbocycles. The Hall–Kier alpha value is -3.48. The molecule has 1 aliphatic rings. The van der Waals surface area contributed by atoms with Gasteiger partial charge in [0.2, 0.25) is 23.6 Å². The van der Waals surface area contributed by atoms with Gasteiger partial charge < -0.3 is 37.1 Å². The minimum atomic E-state index is -1.30. The van der Waals surface area contributed by atoms with E-state index < -0.39 is 47.7 Å². The number of hydrogen-bond acceptors (Lipinski definition) is 7. The van der Waals surface area contributed by atoms with Crippen LogP contribution < -0.4 is 22.1 Å². The fourth-order valence-corrected chi connectivity index (χ4v) is 3.27. The molecule has 1 saturated heterocycles. The highest BCUT2D eigenvalue weighted by atomic mass is 16.4. The van der Waals surface area contributed by atoms with Crippen molar-refractivity contribution in [2.45, 2.75) is 50.2 Å². The average molecular weight is 437 g/mol. The number of carbonyl (C=O) groups excluding carboxylic acids is 4. The summed E-state index contributed by atoms with van der Waals surface area (Å²) in [6.07, 6.45) is 3.78. The normalized spacial score (nSPS) is 17.6. The van der Waals surface area contributed by atoms with Gasteiger partial charge in [0.05, 0.1) is 18.9 Å². The van der Waals surface area contributed by atoms with Gasteiger partial charge in [-0.25, -0.2) is 9.78 Å². The molecule has 1 aliphatic heterocycles. The summed E-state index contributed by atoms with van der Waals surface area (Å²) < 4.78 is 0. The highest BCUT2D eigenvalue weighted by molar-refractivity contribution is 5.93. The lowest BCUT2D eigenvalue weighted by atomic mass is 10.1. The number of rotatable bonds is 11. The fourth-order valence-electron chi connectivity index (χ4n) is 3.27. The zero-order valence-corrected chi connectivity index (χ0v) is 16.9. The van der Waals surface area contributed by atoms with Crippen LogP contribution in [-0.4, -0.2) is 80.8 Å². The molecule has 13 nitrogen and oxygen atoms in total. The van der Waals surface area contributed by atoms with Gasteiger partial charge >= 0.3 is 5.97 Å². The third-order valence-electron chi connectivity index (χ3n) is 4.92. The van der Waals surface area contributed by atoms with Gasteiger partial charge in [-0.05, 0) is 19.3 Å². The van der Waals surface area contributed by atoms with Crippen molar-refractivity contribution in [2.75, 3.05) is 13.1 Å². The smallest absolute Gasteiger partial charge is 0.326 e. The molecule has 1 aromatic rings. The number of primary amides is 1. The van der Waals surface area contributed by atoms with Gasteiger partial charge in [-0.15, -0.1) is 0 Å².